The van der Waals surface area contributed by atoms with Crippen molar-refractivity contribution < 1.29 is 9.72 Å². The van der Waals surface area contributed by atoms with Gasteiger partial charge in [0.25, 0.3) is 11.6 Å². The van der Waals surface area contributed by atoms with E-state index in [0.29, 0.717) is 9.90 Å². The minimum atomic E-state index is -0.448. The number of hydrogen-bond acceptors (Lipinski definition) is 9. The molecule has 4 rings (SSSR count). The molecule has 1 amide bonds. The first kappa shape index (κ1) is 24.6. The molecule has 8 nitrogen and oxygen atoms in total. The SMILES string of the molecule is O=C(CSc1nnc(SCc2cccc3ccccc23)s1)N/N=C/C=C/c1ccccc1[N+](=O)[O-]. The maximum atomic E-state index is 12.0. The Morgan fingerprint density at radius 1 is 1.03 bits per heavy atom. The molecule has 0 spiro atoms. The zero-order valence-corrected chi connectivity index (χ0v) is 20.7. The van der Waals surface area contributed by atoms with Crippen LogP contribution in [0.2, 0.25) is 0 Å². The Bertz CT molecular complexity index is 1400. The van der Waals surface area contributed by atoms with Crippen LogP contribution in [-0.2, 0) is 10.5 Å². The van der Waals surface area contributed by atoms with Gasteiger partial charge in [0.15, 0.2) is 8.68 Å². The van der Waals surface area contributed by atoms with Gasteiger partial charge in [-0.3, -0.25) is 14.9 Å². The number of nitro groups is 1. The number of allylic oxidation sites excluding steroid dienone is 1. The van der Waals surface area contributed by atoms with E-state index < -0.39 is 4.92 Å². The number of hydrazone groups is 1. The topological polar surface area (TPSA) is 110 Å². The van der Waals surface area contributed by atoms with E-state index in [-0.39, 0.29) is 17.3 Å². The number of amides is 1. The second-order valence-corrected chi connectivity index (χ2v) is 10.5. The van der Waals surface area contributed by atoms with Crippen molar-refractivity contribution in [2.45, 2.75) is 14.4 Å². The van der Waals surface area contributed by atoms with Gasteiger partial charge >= 0.3 is 0 Å². The molecule has 1 aromatic heterocycles. The quantitative estimate of drug-likeness (QED) is 0.122. The monoisotopic (exact) mass is 521 g/mol. The lowest BCUT2D eigenvalue weighted by Gasteiger charge is -2.04. The van der Waals surface area contributed by atoms with Gasteiger partial charge in [-0.1, -0.05) is 89.5 Å². The average Bonchev–Trinajstić information content (AvgIpc) is 3.34. The number of aromatic nitrogens is 2. The van der Waals surface area contributed by atoms with Crippen LogP contribution in [0.1, 0.15) is 11.1 Å². The molecule has 0 bridgehead atoms. The average molecular weight is 522 g/mol. The molecule has 0 atom stereocenters. The fourth-order valence-electron chi connectivity index (χ4n) is 3.12. The first-order valence-corrected chi connectivity index (χ1v) is 13.2. The van der Waals surface area contributed by atoms with E-state index in [9.17, 15) is 14.9 Å². The normalized spacial score (nSPS) is 11.4. The van der Waals surface area contributed by atoms with Crippen molar-refractivity contribution in [2.24, 2.45) is 5.10 Å². The van der Waals surface area contributed by atoms with E-state index in [4.69, 9.17) is 0 Å². The summed E-state index contributed by atoms with van der Waals surface area (Å²) in [6.45, 7) is 0. The van der Waals surface area contributed by atoms with Gasteiger partial charge in [-0.05, 0) is 34.6 Å². The maximum absolute atomic E-state index is 12.0. The Balaban J connectivity index is 1.22. The summed E-state index contributed by atoms with van der Waals surface area (Å²) < 4.78 is 1.56. The summed E-state index contributed by atoms with van der Waals surface area (Å²) in [5, 5.41) is 25.7. The first-order chi connectivity index (χ1) is 17.1. The number of nitrogens with zero attached hydrogens (tertiary/aromatic N) is 4. The van der Waals surface area contributed by atoms with Crippen molar-refractivity contribution in [2.75, 3.05) is 5.75 Å². The number of para-hydroxylation sites is 1. The Morgan fingerprint density at radius 2 is 1.77 bits per heavy atom. The predicted molar refractivity (Wildman–Crippen MR) is 143 cm³/mol. The van der Waals surface area contributed by atoms with E-state index in [1.54, 1.807) is 36.0 Å². The summed E-state index contributed by atoms with van der Waals surface area (Å²) in [7, 11) is 0. The first-order valence-electron chi connectivity index (χ1n) is 10.4. The lowest BCUT2D eigenvalue weighted by molar-refractivity contribution is -0.385. The Labute approximate surface area is 213 Å². The molecule has 4 aromatic rings. The van der Waals surface area contributed by atoms with E-state index in [2.05, 4.69) is 51.1 Å². The zero-order valence-electron chi connectivity index (χ0n) is 18.2. The number of carbonyl (C=O) groups excluding carboxylic acids is 1. The number of fused-ring (bicyclic) bond motifs is 1. The van der Waals surface area contributed by atoms with Crippen LogP contribution in [-0.4, -0.2) is 33.0 Å². The van der Waals surface area contributed by atoms with E-state index in [1.165, 1.54) is 57.8 Å². The van der Waals surface area contributed by atoms with E-state index in [0.717, 1.165) is 10.1 Å². The lowest BCUT2D eigenvalue weighted by Crippen LogP contribution is -2.19. The van der Waals surface area contributed by atoms with Crippen molar-refractivity contribution in [3.63, 3.8) is 0 Å². The van der Waals surface area contributed by atoms with Gasteiger partial charge in [-0.25, -0.2) is 5.43 Å². The molecule has 0 radical (unpaired) electrons. The van der Waals surface area contributed by atoms with Crippen LogP contribution in [0.5, 0.6) is 0 Å². The molecule has 0 saturated carbocycles. The highest BCUT2D eigenvalue weighted by Gasteiger charge is 2.10. The van der Waals surface area contributed by atoms with Crippen LogP contribution >= 0.6 is 34.9 Å². The summed E-state index contributed by atoms with van der Waals surface area (Å²) >= 11 is 4.37. The third-order valence-electron chi connectivity index (χ3n) is 4.70. The number of nitrogens with one attached hydrogen (secondary N) is 1. The van der Waals surface area contributed by atoms with E-state index in [1.807, 2.05) is 12.1 Å². The molecule has 3 aromatic carbocycles. The van der Waals surface area contributed by atoms with Crippen LogP contribution in [0.15, 0.2) is 86.6 Å². The largest absolute Gasteiger partial charge is 0.276 e. The number of carbonyl (C=O) groups is 1. The highest BCUT2D eigenvalue weighted by atomic mass is 32.2. The van der Waals surface area contributed by atoms with Gasteiger partial charge in [-0.15, -0.1) is 10.2 Å². The van der Waals surface area contributed by atoms with Gasteiger partial charge in [0.05, 0.1) is 16.2 Å². The standard InChI is InChI=1S/C24H19N5O3S3/c30-22(26-25-14-6-11-18-8-2-4-13-21(18)29(31)32)16-34-24-28-27-23(35-24)33-15-19-10-5-9-17-7-1-3-12-20(17)19/h1-14H,15-16H2,(H,26,30)/b11-6+,25-14+. The van der Waals surface area contributed by atoms with Crippen LogP contribution < -0.4 is 5.43 Å². The fourth-order valence-corrected chi connectivity index (χ4v) is 5.94. The predicted octanol–water partition coefficient (Wildman–Crippen LogP) is 5.80. The smallest absolute Gasteiger partial charge is 0.272 e. The van der Waals surface area contributed by atoms with Crippen molar-refractivity contribution in [3.8, 4) is 0 Å². The number of benzene rings is 3. The molecule has 0 aliphatic carbocycles. The van der Waals surface area contributed by atoms with Gasteiger partial charge in [0.1, 0.15) is 0 Å². The minimum Gasteiger partial charge on any atom is -0.272 e. The Hall–Kier alpha value is -3.54. The molecule has 0 saturated heterocycles. The Kier molecular flexibility index (Phi) is 8.60. The second-order valence-electron chi connectivity index (χ2n) is 7.04. The van der Waals surface area contributed by atoms with E-state index >= 15 is 0 Å². The molecule has 0 unspecified atom stereocenters. The van der Waals surface area contributed by atoms with Crippen molar-refractivity contribution in [1.29, 1.82) is 0 Å². The minimum absolute atomic E-state index is 0.00398. The number of nitro benzene ring substituents is 1. The van der Waals surface area contributed by atoms with Crippen LogP contribution in [0.3, 0.4) is 0 Å². The van der Waals surface area contributed by atoms with Crippen molar-refractivity contribution >= 4 is 69.5 Å². The third kappa shape index (κ3) is 6.98. The molecule has 35 heavy (non-hydrogen) atoms. The summed E-state index contributed by atoms with van der Waals surface area (Å²) in [6.07, 6.45) is 4.45. The summed E-state index contributed by atoms with van der Waals surface area (Å²) in [5.74, 6) is 0.647. The molecule has 0 fully saturated rings. The van der Waals surface area contributed by atoms with Gasteiger partial charge in [0.2, 0.25) is 0 Å². The fraction of sp³-hybridized carbons (Fsp3) is 0.0833. The molecule has 1 N–H and O–H groups in total. The van der Waals surface area contributed by atoms with Crippen LogP contribution in [0, 0.1) is 10.1 Å². The third-order valence-corrected chi connectivity index (χ3v) is 7.94. The number of hydrogen-bond donors (Lipinski definition) is 1. The summed E-state index contributed by atoms with van der Waals surface area (Å²) in [5.41, 5.74) is 4.12. The molecular formula is C24H19N5O3S3. The molecule has 11 heteroatoms. The number of rotatable bonds is 10. The molecular weight excluding hydrogens is 502 g/mol. The zero-order chi connectivity index (χ0) is 24.5. The molecule has 0 aliphatic rings. The highest BCUT2D eigenvalue weighted by molar-refractivity contribution is 8.03. The van der Waals surface area contributed by atoms with Gasteiger partial charge < -0.3 is 0 Å². The summed E-state index contributed by atoms with van der Waals surface area (Å²) in [4.78, 5) is 22.6. The van der Waals surface area contributed by atoms with Gasteiger partial charge in [0, 0.05) is 18.0 Å². The van der Waals surface area contributed by atoms with Crippen molar-refractivity contribution in [1.82, 2.24) is 15.6 Å². The van der Waals surface area contributed by atoms with Crippen molar-refractivity contribution in [3.05, 3.63) is 94.0 Å². The molecule has 1 heterocycles. The molecule has 0 aliphatic heterocycles. The highest BCUT2D eigenvalue weighted by Crippen LogP contribution is 2.32. The van der Waals surface area contributed by atoms with Gasteiger partial charge in [-0.2, -0.15) is 5.10 Å². The van der Waals surface area contributed by atoms with Crippen LogP contribution in [0.4, 0.5) is 5.69 Å². The summed E-state index contributed by atoms with van der Waals surface area (Å²) in [6, 6.07) is 20.9. The maximum Gasteiger partial charge on any atom is 0.276 e. The second kappa shape index (κ2) is 12.2. The number of thioether (sulfide) groups is 2. The molecule has 176 valence electrons. The lowest BCUT2D eigenvalue weighted by atomic mass is 10.1. The Morgan fingerprint density at radius 3 is 2.63 bits per heavy atom. The van der Waals surface area contributed by atoms with Crippen LogP contribution in [0.25, 0.3) is 16.8 Å².